The summed E-state index contributed by atoms with van der Waals surface area (Å²) < 4.78 is 33.6. The van der Waals surface area contributed by atoms with Crippen molar-refractivity contribution in [1.29, 1.82) is 0 Å². The van der Waals surface area contributed by atoms with Crippen LogP contribution < -0.4 is 18.9 Å². The highest BCUT2D eigenvalue weighted by molar-refractivity contribution is 5.82. The third-order valence-electron chi connectivity index (χ3n) is 7.25. The van der Waals surface area contributed by atoms with Crippen molar-refractivity contribution in [3.8, 4) is 23.0 Å². The van der Waals surface area contributed by atoms with Crippen LogP contribution in [-0.4, -0.2) is 64.3 Å². The van der Waals surface area contributed by atoms with E-state index in [9.17, 15) is 0 Å². The highest BCUT2D eigenvalue weighted by Gasteiger charge is 2.23. The molecule has 0 bridgehead atoms. The summed E-state index contributed by atoms with van der Waals surface area (Å²) in [4.78, 5) is 9.11. The molecule has 0 aliphatic carbocycles. The minimum atomic E-state index is 0.248. The van der Waals surface area contributed by atoms with Crippen molar-refractivity contribution in [2.45, 2.75) is 25.6 Å². The zero-order chi connectivity index (χ0) is 30.7. The molecule has 2 aliphatic heterocycles. The van der Waals surface area contributed by atoms with Gasteiger partial charge in [0.1, 0.15) is 48.4 Å². The first-order valence-electron chi connectivity index (χ1n) is 15.4. The van der Waals surface area contributed by atoms with Gasteiger partial charge in [0.2, 0.25) is 0 Å². The van der Waals surface area contributed by atoms with Crippen LogP contribution >= 0.6 is 0 Å². The predicted octanol–water partition coefficient (Wildman–Crippen LogP) is 7.23. The molecule has 3 atom stereocenters. The van der Waals surface area contributed by atoms with Crippen LogP contribution in [0.4, 0.5) is 11.4 Å². The first-order chi connectivity index (χ1) is 22.1. The minimum absolute atomic E-state index is 0.248. The maximum atomic E-state index is 6.01. The number of ether oxygens (including phenoxy) is 6. The summed E-state index contributed by atoms with van der Waals surface area (Å²) in [7, 11) is 0. The number of rotatable bonds is 17. The van der Waals surface area contributed by atoms with Crippen molar-refractivity contribution in [3.05, 3.63) is 108 Å². The molecule has 0 amide bonds. The maximum absolute atomic E-state index is 6.01. The second-order valence-electron chi connectivity index (χ2n) is 11.2. The molecule has 8 nitrogen and oxygen atoms in total. The van der Waals surface area contributed by atoms with Gasteiger partial charge in [-0.25, -0.2) is 0 Å². The monoisotopic (exact) mass is 606 g/mol. The maximum Gasteiger partial charge on any atom is 0.119 e. The average Bonchev–Trinajstić information content (AvgIpc) is 4.02. The molecule has 2 heterocycles. The van der Waals surface area contributed by atoms with E-state index in [1.54, 1.807) is 0 Å². The smallest absolute Gasteiger partial charge is 0.119 e. The molecule has 0 aromatic heterocycles. The minimum Gasteiger partial charge on any atom is -0.494 e. The van der Waals surface area contributed by atoms with E-state index < -0.39 is 0 Å². The molecule has 8 heteroatoms. The number of nitrogens with zero attached hydrogens (tertiary/aromatic N) is 2. The fraction of sp³-hybridized carbons (Fsp3) is 0.297. The van der Waals surface area contributed by atoms with Gasteiger partial charge in [-0.1, -0.05) is 6.92 Å². The summed E-state index contributed by atoms with van der Waals surface area (Å²) in [5, 5.41) is 0. The summed E-state index contributed by atoms with van der Waals surface area (Å²) in [6, 6.07) is 31.4. The van der Waals surface area contributed by atoms with Gasteiger partial charge in [0, 0.05) is 12.4 Å². The molecule has 0 N–H and O–H groups in total. The third-order valence-corrected chi connectivity index (χ3v) is 7.25. The molecule has 0 radical (unpaired) electrons. The lowest BCUT2D eigenvalue weighted by Gasteiger charge is -2.14. The lowest BCUT2D eigenvalue weighted by molar-refractivity contribution is 0.217. The summed E-state index contributed by atoms with van der Waals surface area (Å²) >= 11 is 0. The van der Waals surface area contributed by atoms with Gasteiger partial charge in [0.05, 0.1) is 37.8 Å². The molecule has 0 spiro atoms. The Kier molecular flexibility index (Phi) is 10.4. The van der Waals surface area contributed by atoms with E-state index in [2.05, 4.69) is 16.9 Å². The summed E-state index contributed by atoms with van der Waals surface area (Å²) in [6.45, 7) is 6.19. The molecule has 2 aliphatic rings. The van der Waals surface area contributed by atoms with E-state index in [-0.39, 0.29) is 12.2 Å². The lowest BCUT2D eigenvalue weighted by Crippen LogP contribution is -2.12. The Balaban J connectivity index is 0.862. The fourth-order valence-corrected chi connectivity index (χ4v) is 4.26. The first kappa shape index (κ1) is 30.4. The van der Waals surface area contributed by atoms with Crippen LogP contribution in [0.15, 0.2) is 107 Å². The number of epoxide rings is 2. The first-order valence-corrected chi connectivity index (χ1v) is 15.4. The Morgan fingerprint density at radius 2 is 1.00 bits per heavy atom. The molecule has 2 fully saturated rings. The van der Waals surface area contributed by atoms with Crippen LogP contribution in [0.2, 0.25) is 0 Å². The van der Waals surface area contributed by atoms with Crippen LogP contribution in [0.5, 0.6) is 23.0 Å². The molecule has 2 saturated heterocycles. The van der Waals surface area contributed by atoms with Gasteiger partial charge in [-0.05, 0) is 121 Å². The Labute approximate surface area is 264 Å². The molecule has 4 aromatic rings. The van der Waals surface area contributed by atoms with Crippen LogP contribution in [0, 0.1) is 5.92 Å². The van der Waals surface area contributed by atoms with Gasteiger partial charge in [0.15, 0.2) is 0 Å². The standard InChI is InChI=1S/C37H38N2O6/c1-27(22-41-33-12-4-29(5-13-33)21-39-31-8-16-35(17-9-31)43-24-37-26-45-37)18-19-40-32-10-2-28(3-11-32)20-38-30-6-14-34(15-7-30)42-23-36-25-44-36/h2-17,20-21,27,36-37H,18-19,22-26H2,1H3. The molecule has 3 unspecified atom stereocenters. The number of aliphatic imine (C=N–C) groups is 2. The quantitative estimate of drug-likeness (QED) is 0.0931. The van der Waals surface area contributed by atoms with Crippen molar-refractivity contribution < 1.29 is 28.4 Å². The van der Waals surface area contributed by atoms with Gasteiger partial charge in [0.25, 0.3) is 0 Å². The van der Waals surface area contributed by atoms with Crippen LogP contribution in [0.1, 0.15) is 24.5 Å². The van der Waals surface area contributed by atoms with E-state index in [0.717, 1.165) is 65.1 Å². The topological polar surface area (TPSA) is 86.7 Å². The Morgan fingerprint density at radius 3 is 1.44 bits per heavy atom. The largest absolute Gasteiger partial charge is 0.494 e. The number of hydrogen-bond donors (Lipinski definition) is 0. The molecule has 6 rings (SSSR count). The third kappa shape index (κ3) is 10.5. The van der Waals surface area contributed by atoms with Gasteiger partial charge in [-0.3, -0.25) is 9.98 Å². The van der Waals surface area contributed by atoms with Gasteiger partial charge < -0.3 is 28.4 Å². The number of benzene rings is 4. The van der Waals surface area contributed by atoms with E-state index in [4.69, 9.17) is 28.4 Å². The van der Waals surface area contributed by atoms with E-state index in [1.807, 2.05) is 109 Å². The van der Waals surface area contributed by atoms with Crippen molar-refractivity contribution in [1.82, 2.24) is 0 Å². The van der Waals surface area contributed by atoms with Crippen molar-refractivity contribution >= 4 is 23.8 Å². The molecular formula is C37H38N2O6. The van der Waals surface area contributed by atoms with E-state index in [1.165, 1.54) is 0 Å². The highest BCUT2D eigenvalue weighted by atomic mass is 16.6. The fourth-order valence-electron chi connectivity index (χ4n) is 4.26. The van der Waals surface area contributed by atoms with Crippen LogP contribution in [-0.2, 0) is 9.47 Å². The zero-order valence-electron chi connectivity index (χ0n) is 25.4. The normalized spacial score (nSPS) is 17.7. The predicted molar refractivity (Wildman–Crippen MR) is 176 cm³/mol. The van der Waals surface area contributed by atoms with E-state index >= 15 is 0 Å². The number of hydrogen-bond acceptors (Lipinski definition) is 8. The van der Waals surface area contributed by atoms with Gasteiger partial charge in [-0.2, -0.15) is 0 Å². The Bertz CT molecular complexity index is 1530. The molecular weight excluding hydrogens is 568 g/mol. The molecule has 0 saturated carbocycles. The Morgan fingerprint density at radius 1 is 0.600 bits per heavy atom. The summed E-state index contributed by atoms with van der Waals surface area (Å²) in [5.74, 6) is 3.68. The van der Waals surface area contributed by atoms with E-state index in [0.29, 0.717) is 32.3 Å². The molecule has 45 heavy (non-hydrogen) atoms. The summed E-state index contributed by atoms with van der Waals surface area (Å²) in [5.41, 5.74) is 3.75. The van der Waals surface area contributed by atoms with Gasteiger partial charge in [-0.15, -0.1) is 0 Å². The highest BCUT2D eigenvalue weighted by Crippen LogP contribution is 2.22. The SMILES string of the molecule is CC(CCOc1ccc(C=Nc2ccc(OCC3CO3)cc2)cc1)COc1ccc(C=Nc2ccc(OCC3CO3)cc2)cc1. The second-order valence-corrected chi connectivity index (χ2v) is 11.2. The van der Waals surface area contributed by atoms with Crippen molar-refractivity contribution in [2.24, 2.45) is 15.9 Å². The van der Waals surface area contributed by atoms with Crippen molar-refractivity contribution in [2.75, 3.05) is 39.6 Å². The van der Waals surface area contributed by atoms with Gasteiger partial charge >= 0.3 is 0 Å². The average molecular weight is 607 g/mol. The molecule has 4 aromatic carbocycles. The van der Waals surface area contributed by atoms with Crippen molar-refractivity contribution in [3.63, 3.8) is 0 Å². The van der Waals surface area contributed by atoms with Crippen LogP contribution in [0.3, 0.4) is 0 Å². The summed E-state index contributed by atoms with van der Waals surface area (Å²) in [6.07, 6.45) is 5.08. The zero-order valence-corrected chi connectivity index (χ0v) is 25.4. The Hall–Kier alpha value is -4.66. The second kappa shape index (κ2) is 15.4. The lowest BCUT2D eigenvalue weighted by atomic mass is 10.1. The molecule has 232 valence electrons. The van der Waals surface area contributed by atoms with Crippen LogP contribution in [0.25, 0.3) is 0 Å².